The van der Waals surface area contributed by atoms with Crippen molar-refractivity contribution in [2.75, 3.05) is 0 Å². The molecule has 4 amide bonds. The summed E-state index contributed by atoms with van der Waals surface area (Å²) in [5, 5.41) is 13.6. The predicted octanol–water partition coefficient (Wildman–Crippen LogP) is 0.0406. The van der Waals surface area contributed by atoms with Crippen LogP contribution in [0.5, 0.6) is 0 Å². The van der Waals surface area contributed by atoms with Crippen molar-refractivity contribution in [2.45, 2.75) is 44.8 Å². The molecule has 0 aromatic heterocycles. The number of amides is 4. The number of carboxylic acids is 1. The monoisotopic (exact) mass is 373 g/mol. The van der Waals surface area contributed by atoms with Crippen molar-refractivity contribution in [3.8, 4) is 0 Å². The fraction of sp³-hybridized carbons (Fsp3) is 0.389. The number of fused-ring (bicyclic) bond motifs is 1. The molecule has 0 aliphatic carbocycles. The first-order chi connectivity index (χ1) is 12.8. The highest BCUT2D eigenvalue weighted by Gasteiger charge is 2.39. The molecule has 0 bridgehead atoms. The second kappa shape index (κ2) is 7.18. The molecular formula is C18H19N3O6. The predicted molar refractivity (Wildman–Crippen MR) is 91.7 cm³/mol. The maximum atomic E-state index is 12.6. The SMILES string of the molecule is CC(CC(=O)O)NC(=O)c1ccc2c(c1)CN(C1CCC(=O)NC1=O)C2=O. The van der Waals surface area contributed by atoms with Gasteiger partial charge in [-0.05, 0) is 37.1 Å². The standard InChI is InChI=1S/C18H19N3O6/c1-9(6-15(23)24)19-16(25)10-2-3-12-11(7-10)8-21(18(12)27)13-4-5-14(22)20-17(13)26/h2-3,7,9,13H,4-6,8H2,1H3,(H,19,25)(H,23,24)(H,20,22,26). The summed E-state index contributed by atoms with van der Waals surface area (Å²) in [7, 11) is 0. The highest BCUT2D eigenvalue weighted by molar-refractivity contribution is 6.06. The van der Waals surface area contributed by atoms with E-state index >= 15 is 0 Å². The van der Waals surface area contributed by atoms with Gasteiger partial charge in [0.15, 0.2) is 0 Å². The summed E-state index contributed by atoms with van der Waals surface area (Å²) >= 11 is 0. The van der Waals surface area contributed by atoms with Crippen LogP contribution in [0.1, 0.15) is 52.5 Å². The molecule has 1 saturated heterocycles. The molecule has 9 nitrogen and oxygen atoms in total. The van der Waals surface area contributed by atoms with E-state index in [0.717, 1.165) is 0 Å². The second-order valence-corrected chi connectivity index (χ2v) is 6.74. The number of carbonyl (C=O) groups excluding carboxylic acids is 4. The van der Waals surface area contributed by atoms with E-state index < -0.39 is 29.9 Å². The van der Waals surface area contributed by atoms with E-state index in [2.05, 4.69) is 10.6 Å². The maximum absolute atomic E-state index is 12.6. The molecule has 0 radical (unpaired) electrons. The summed E-state index contributed by atoms with van der Waals surface area (Å²) < 4.78 is 0. The fourth-order valence-corrected chi connectivity index (χ4v) is 3.34. The molecule has 2 heterocycles. The molecule has 2 unspecified atom stereocenters. The lowest BCUT2D eigenvalue weighted by molar-refractivity contribution is -0.138. The van der Waals surface area contributed by atoms with E-state index in [1.807, 2.05) is 0 Å². The lowest BCUT2D eigenvalue weighted by atomic mass is 10.0. The van der Waals surface area contributed by atoms with E-state index in [4.69, 9.17) is 5.11 Å². The fourth-order valence-electron chi connectivity index (χ4n) is 3.34. The van der Waals surface area contributed by atoms with Gasteiger partial charge in [-0.25, -0.2) is 0 Å². The van der Waals surface area contributed by atoms with Gasteiger partial charge in [-0.3, -0.25) is 29.3 Å². The maximum Gasteiger partial charge on any atom is 0.305 e. The molecule has 1 aromatic rings. The zero-order valence-electron chi connectivity index (χ0n) is 14.7. The van der Waals surface area contributed by atoms with E-state index in [1.165, 1.54) is 17.0 Å². The van der Waals surface area contributed by atoms with Crippen molar-refractivity contribution in [1.29, 1.82) is 0 Å². The Kier molecular flexibility index (Phi) is 4.93. The summed E-state index contributed by atoms with van der Waals surface area (Å²) in [6.07, 6.45) is 0.245. The molecule has 3 N–H and O–H groups in total. The van der Waals surface area contributed by atoms with E-state index in [0.29, 0.717) is 16.7 Å². The first-order valence-corrected chi connectivity index (χ1v) is 8.56. The molecular weight excluding hydrogens is 354 g/mol. The number of nitrogens with zero attached hydrogens (tertiary/aromatic N) is 1. The van der Waals surface area contributed by atoms with Gasteiger partial charge in [0.25, 0.3) is 11.8 Å². The zero-order valence-corrected chi connectivity index (χ0v) is 14.7. The number of benzene rings is 1. The van der Waals surface area contributed by atoms with Gasteiger partial charge in [-0.15, -0.1) is 0 Å². The minimum absolute atomic E-state index is 0.172. The lowest BCUT2D eigenvalue weighted by Crippen LogP contribution is -2.52. The van der Waals surface area contributed by atoms with Crippen LogP contribution in [0.2, 0.25) is 0 Å². The van der Waals surface area contributed by atoms with Crippen molar-refractivity contribution in [3.05, 3.63) is 34.9 Å². The minimum Gasteiger partial charge on any atom is -0.481 e. The van der Waals surface area contributed by atoms with Crippen LogP contribution < -0.4 is 10.6 Å². The van der Waals surface area contributed by atoms with E-state index in [-0.39, 0.29) is 37.6 Å². The van der Waals surface area contributed by atoms with Gasteiger partial charge in [0.1, 0.15) is 6.04 Å². The third kappa shape index (κ3) is 3.81. The van der Waals surface area contributed by atoms with Gasteiger partial charge < -0.3 is 15.3 Å². The van der Waals surface area contributed by atoms with Crippen molar-refractivity contribution in [1.82, 2.24) is 15.5 Å². The summed E-state index contributed by atoms with van der Waals surface area (Å²) in [5.41, 5.74) is 1.34. The van der Waals surface area contributed by atoms with Crippen LogP contribution in [0.4, 0.5) is 0 Å². The summed E-state index contributed by atoms with van der Waals surface area (Å²) in [5.74, 6) is -2.60. The topological polar surface area (TPSA) is 133 Å². The zero-order chi connectivity index (χ0) is 19.7. The summed E-state index contributed by atoms with van der Waals surface area (Å²) in [4.78, 5) is 60.3. The van der Waals surface area contributed by atoms with Crippen molar-refractivity contribution >= 4 is 29.6 Å². The summed E-state index contributed by atoms with van der Waals surface area (Å²) in [6, 6.07) is 3.34. The molecule has 9 heteroatoms. The molecule has 2 aliphatic heterocycles. The Hall–Kier alpha value is -3.23. The van der Waals surface area contributed by atoms with Crippen LogP contribution >= 0.6 is 0 Å². The molecule has 1 aromatic carbocycles. The van der Waals surface area contributed by atoms with Gasteiger partial charge in [0.2, 0.25) is 11.8 Å². The number of nitrogens with one attached hydrogen (secondary N) is 2. The van der Waals surface area contributed by atoms with E-state index in [1.54, 1.807) is 13.0 Å². The smallest absolute Gasteiger partial charge is 0.305 e. The van der Waals surface area contributed by atoms with Crippen LogP contribution in [0.15, 0.2) is 18.2 Å². The number of carboxylic acid groups (broad SMARTS) is 1. The number of imide groups is 1. The number of carbonyl (C=O) groups is 5. The molecule has 142 valence electrons. The number of rotatable bonds is 5. The molecule has 2 aliphatic rings. The highest BCUT2D eigenvalue weighted by atomic mass is 16.4. The molecule has 3 rings (SSSR count). The van der Waals surface area contributed by atoms with Crippen LogP contribution in [-0.4, -0.2) is 51.7 Å². The van der Waals surface area contributed by atoms with Crippen molar-refractivity contribution in [3.63, 3.8) is 0 Å². The number of piperidine rings is 1. The Balaban J connectivity index is 1.74. The Morgan fingerprint density at radius 3 is 2.74 bits per heavy atom. The third-order valence-corrected chi connectivity index (χ3v) is 4.64. The minimum atomic E-state index is -1.01. The molecule has 1 fully saturated rings. The largest absolute Gasteiger partial charge is 0.481 e. The lowest BCUT2D eigenvalue weighted by Gasteiger charge is -2.29. The number of hydrogen-bond donors (Lipinski definition) is 3. The Labute approximate surface area is 154 Å². The average Bonchev–Trinajstić information content (AvgIpc) is 2.90. The summed E-state index contributed by atoms with van der Waals surface area (Å²) in [6.45, 7) is 1.76. The molecule has 2 atom stereocenters. The van der Waals surface area contributed by atoms with Gasteiger partial charge in [-0.2, -0.15) is 0 Å². The van der Waals surface area contributed by atoms with Gasteiger partial charge >= 0.3 is 5.97 Å². The van der Waals surface area contributed by atoms with Crippen molar-refractivity contribution < 1.29 is 29.1 Å². The van der Waals surface area contributed by atoms with Gasteiger partial charge in [-0.1, -0.05) is 0 Å². The molecule has 0 saturated carbocycles. The normalized spacial score (nSPS) is 20.1. The highest BCUT2D eigenvalue weighted by Crippen LogP contribution is 2.28. The van der Waals surface area contributed by atoms with Gasteiger partial charge in [0, 0.05) is 30.1 Å². The van der Waals surface area contributed by atoms with E-state index in [9.17, 15) is 24.0 Å². The van der Waals surface area contributed by atoms with Crippen LogP contribution in [0, 0.1) is 0 Å². The Morgan fingerprint density at radius 2 is 2.07 bits per heavy atom. The average molecular weight is 373 g/mol. The number of aliphatic carboxylic acids is 1. The quantitative estimate of drug-likeness (QED) is 0.624. The van der Waals surface area contributed by atoms with Crippen LogP contribution in [0.3, 0.4) is 0 Å². The van der Waals surface area contributed by atoms with Crippen molar-refractivity contribution in [2.24, 2.45) is 0 Å². The number of hydrogen-bond acceptors (Lipinski definition) is 5. The van der Waals surface area contributed by atoms with Gasteiger partial charge in [0.05, 0.1) is 6.42 Å². The Morgan fingerprint density at radius 1 is 1.33 bits per heavy atom. The third-order valence-electron chi connectivity index (χ3n) is 4.64. The van der Waals surface area contributed by atoms with Crippen LogP contribution in [0.25, 0.3) is 0 Å². The molecule has 0 spiro atoms. The first-order valence-electron chi connectivity index (χ1n) is 8.56. The van der Waals surface area contributed by atoms with Crippen LogP contribution in [-0.2, 0) is 20.9 Å². The second-order valence-electron chi connectivity index (χ2n) is 6.74. The molecule has 27 heavy (non-hydrogen) atoms. The Bertz CT molecular complexity index is 849. The first kappa shape index (κ1) is 18.6.